The van der Waals surface area contributed by atoms with Gasteiger partial charge in [0.05, 0.1) is 17.4 Å². The van der Waals surface area contributed by atoms with Gasteiger partial charge in [-0.3, -0.25) is 4.98 Å². The van der Waals surface area contributed by atoms with E-state index in [9.17, 15) is 18.0 Å². The van der Waals surface area contributed by atoms with Crippen LogP contribution < -0.4 is 16.0 Å². The van der Waals surface area contributed by atoms with Crippen LogP contribution in [0.1, 0.15) is 5.56 Å². The van der Waals surface area contributed by atoms with E-state index < -0.39 is 17.5 Å². The van der Waals surface area contributed by atoms with Crippen LogP contribution in [0.2, 0.25) is 0 Å². The van der Waals surface area contributed by atoms with Gasteiger partial charge in [0, 0.05) is 43.5 Å². The largest absolute Gasteiger partial charge is 0.434 e. The van der Waals surface area contributed by atoms with E-state index >= 15 is 0 Å². The molecule has 4 rings (SSSR count). The predicted octanol–water partition coefficient (Wildman–Crippen LogP) is 3.36. The Morgan fingerprint density at radius 3 is 2.40 bits per heavy atom. The number of aromatic nitrogens is 3. The van der Waals surface area contributed by atoms with Crippen LogP contribution in [0, 0.1) is 0 Å². The Kier molecular flexibility index (Phi) is 7.51. The molecule has 3 aromatic rings. The Balaban J connectivity index is 0.00000160. The highest BCUT2D eigenvalue weighted by molar-refractivity contribution is 5.85. The number of rotatable bonds is 3. The molecule has 2 aromatic heterocycles. The van der Waals surface area contributed by atoms with E-state index in [-0.39, 0.29) is 41.8 Å². The Labute approximate surface area is 181 Å². The molecule has 0 amide bonds. The molecule has 0 saturated carbocycles. The number of benzene rings is 1. The average Bonchev–Trinajstić information content (AvgIpc) is 3.14. The maximum Gasteiger partial charge on any atom is 0.434 e. The standard InChI is InChI=1S/C18H16F3N5O2.2ClH/c19-18(20,21)15-2-1-11(16-24-25-17(27)28-16)8-14(15)12-7-13(10-23-9-12)26-5-3-22-4-6-26;;/h1-2,7-10,22H,3-6H2,(H,25,27);2*1H. The highest BCUT2D eigenvalue weighted by Gasteiger charge is 2.34. The second kappa shape index (κ2) is 9.50. The summed E-state index contributed by atoms with van der Waals surface area (Å²) in [4.78, 5) is 17.4. The molecule has 0 radical (unpaired) electrons. The molecule has 0 atom stereocenters. The van der Waals surface area contributed by atoms with Crippen molar-refractivity contribution in [3.63, 3.8) is 0 Å². The van der Waals surface area contributed by atoms with Gasteiger partial charge in [0.25, 0.3) is 0 Å². The Bertz CT molecular complexity index is 1050. The minimum atomic E-state index is -4.55. The first-order chi connectivity index (χ1) is 13.4. The topological polar surface area (TPSA) is 87.0 Å². The number of hydrogen-bond acceptors (Lipinski definition) is 6. The normalized spacial score (nSPS) is 14.0. The molecule has 3 heterocycles. The quantitative estimate of drug-likeness (QED) is 0.619. The molecular weight excluding hydrogens is 446 g/mol. The average molecular weight is 464 g/mol. The molecule has 12 heteroatoms. The van der Waals surface area contributed by atoms with Crippen molar-refractivity contribution in [1.29, 1.82) is 0 Å². The van der Waals surface area contributed by atoms with E-state index in [0.29, 0.717) is 5.56 Å². The smallest absolute Gasteiger partial charge is 0.388 e. The fraction of sp³-hybridized carbons (Fsp3) is 0.278. The third-order valence-electron chi connectivity index (χ3n) is 4.53. The van der Waals surface area contributed by atoms with Gasteiger partial charge in [-0.25, -0.2) is 9.89 Å². The van der Waals surface area contributed by atoms with Gasteiger partial charge in [-0.15, -0.1) is 29.9 Å². The highest BCUT2D eigenvalue weighted by atomic mass is 35.5. The first kappa shape index (κ1) is 23.7. The summed E-state index contributed by atoms with van der Waals surface area (Å²) < 4.78 is 45.6. The van der Waals surface area contributed by atoms with Crippen LogP contribution >= 0.6 is 24.8 Å². The van der Waals surface area contributed by atoms with Crippen molar-refractivity contribution in [1.82, 2.24) is 20.5 Å². The monoisotopic (exact) mass is 463 g/mol. The zero-order valence-corrected chi connectivity index (χ0v) is 17.0. The lowest BCUT2D eigenvalue weighted by Gasteiger charge is -2.29. The van der Waals surface area contributed by atoms with Gasteiger partial charge in [0.15, 0.2) is 0 Å². The zero-order valence-electron chi connectivity index (χ0n) is 15.4. The maximum absolute atomic E-state index is 13.6. The van der Waals surface area contributed by atoms with Crippen LogP contribution in [0.25, 0.3) is 22.6 Å². The number of H-pyrrole nitrogens is 1. The lowest BCUT2D eigenvalue weighted by Crippen LogP contribution is -2.43. The molecule has 2 N–H and O–H groups in total. The SMILES string of the molecule is Cl.Cl.O=c1[nH]nc(-c2ccc(C(F)(F)F)c(-c3cncc(N4CCNCC4)c3)c2)o1. The molecule has 0 bridgehead atoms. The molecule has 0 unspecified atom stereocenters. The van der Waals surface area contributed by atoms with Crippen LogP contribution in [0.3, 0.4) is 0 Å². The molecule has 1 aliphatic rings. The minimum absolute atomic E-state index is 0. The summed E-state index contributed by atoms with van der Waals surface area (Å²) in [5.74, 6) is -0.856. The molecule has 7 nitrogen and oxygen atoms in total. The molecule has 0 spiro atoms. The summed E-state index contributed by atoms with van der Waals surface area (Å²) in [6.07, 6.45) is -1.52. The van der Waals surface area contributed by atoms with Crippen molar-refractivity contribution in [2.24, 2.45) is 0 Å². The van der Waals surface area contributed by atoms with E-state index in [1.54, 1.807) is 12.3 Å². The van der Waals surface area contributed by atoms with Crippen molar-refractivity contribution in [3.05, 3.63) is 52.8 Å². The Morgan fingerprint density at radius 2 is 1.77 bits per heavy atom. The van der Waals surface area contributed by atoms with Crippen molar-refractivity contribution in [2.45, 2.75) is 6.18 Å². The number of pyridine rings is 1. The van der Waals surface area contributed by atoms with Gasteiger partial charge in [-0.1, -0.05) is 0 Å². The van der Waals surface area contributed by atoms with Gasteiger partial charge in [0.2, 0.25) is 5.89 Å². The van der Waals surface area contributed by atoms with Crippen molar-refractivity contribution >= 4 is 30.5 Å². The predicted molar refractivity (Wildman–Crippen MR) is 110 cm³/mol. The number of nitrogens with zero attached hydrogens (tertiary/aromatic N) is 3. The summed E-state index contributed by atoms with van der Waals surface area (Å²) in [6, 6.07) is 5.17. The van der Waals surface area contributed by atoms with Crippen LogP contribution in [-0.4, -0.2) is 41.4 Å². The van der Waals surface area contributed by atoms with Gasteiger partial charge in [0.1, 0.15) is 0 Å². The number of hydrogen-bond donors (Lipinski definition) is 2. The third-order valence-corrected chi connectivity index (χ3v) is 4.53. The van der Waals surface area contributed by atoms with Gasteiger partial charge in [-0.2, -0.15) is 13.2 Å². The lowest BCUT2D eigenvalue weighted by atomic mass is 9.97. The summed E-state index contributed by atoms with van der Waals surface area (Å²) >= 11 is 0. The number of nitrogens with one attached hydrogen (secondary N) is 2. The van der Waals surface area contributed by atoms with E-state index in [2.05, 4.69) is 25.4 Å². The van der Waals surface area contributed by atoms with Crippen LogP contribution in [0.4, 0.5) is 18.9 Å². The molecule has 0 aliphatic carbocycles. The van der Waals surface area contributed by atoms with Crippen LogP contribution in [-0.2, 0) is 6.18 Å². The molecular formula is C18H18Cl2F3N5O2. The van der Waals surface area contributed by atoms with Gasteiger partial charge < -0.3 is 14.6 Å². The fourth-order valence-corrected chi connectivity index (χ4v) is 3.19. The maximum atomic E-state index is 13.6. The molecule has 30 heavy (non-hydrogen) atoms. The number of aromatic amines is 1. The van der Waals surface area contributed by atoms with Crippen molar-refractivity contribution in [3.8, 4) is 22.6 Å². The Morgan fingerprint density at radius 1 is 1.03 bits per heavy atom. The van der Waals surface area contributed by atoms with Crippen LogP contribution in [0.15, 0.2) is 45.9 Å². The molecule has 1 aromatic carbocycles. The molecule has 1 saturated heterocycles. The van der Waals surface area contributed by atoms with E-state index in [1.165, 1.54) is 18.3 Å². The number of alkyl halides is 3. The molecule has 1 aliphatic heterocycles. The summed E-state index contributed by atoms with van der Waals surface area (Å²) in [6.45, 7) is 3.09. The van der Waals surface area contributed by atoms with Gasteiger partial charge >= 0.3 is 11.9 Å². The zero-order chi connectivity index (χ0) is 19.7. The van der Waals surface area contributed by atoms with Gasteiger partial charge in [-0.05, 0) is 29.8 Å². The summed E-state index contributed by atoms with van der Waals surface area (Å²) in [5.41, 5.74) is 0.481. The number of anilines is 1. The Hall–Kier alpha value is -2.56. The van der Waals surface area contributed by atoms with Crippen molar-refractivity contribution < 1.29 is 17.6 Å². The minimum Gasteiger partial charge on any atom is -0.388 e. The van der Waals surface area contributed by atoms with E-state index in [4.69, 9.17) is 4.42 Å². The molecule has 162 valence electrons. The fourth-order valence-electron chi connectivity index (χ4n) is 3.19. The first-order valence-corrected chi connectivity index (χ1v) is 8.60. The van der Waals surface area contributed by atoms with Crippen molar-refractivity contribution in [2.75, 3.05) is 31.1 Å². The second-order valence-electron chi connectivity index (χ2n) is 6.35. The number of halogens is 5. The highest BCUT2D eigenvalue weighted by Crippen LogP contribution is 2.39. The lowest BCUT2D eigenvalue weighted by molar-refractivity contribution is -0.137. The van der Waals surface area contributed by atoms with E-state index in [0.717, 1.165) is 37.9 Å². The summed E-state index contributed by atoms with van der Waals surface area (Å²) in [7, 11) is 0. The van der Waals surface area contributed by atoms with E-state index in [1.807, 2.05) is 0 Å². The summed E-state index contributed by atoms with van der Waals surface area (Å²) in [5, 5.41) is 9.02. The first-order valence-electron chi connectivity index (χ1n) is 8.60. The van der Waals surface area contributed by atoms with Crippen LogP contribution in [0.5, 0.6) is 0 Å². The molecule has 1 fully saturated rings. The number of piperazine rings is 1. The second-order valence-corrected chi connectivity index (χ2v) is 6.35. The third kappa shape index (κ3) is 4.94.